The number of ether oxygens (including phenoxy) is 1. The first-order chi connectivity index (χ1) is 15.7. The maximum atomic E-state index is 6.67. The highest BCUT2D eigenvalue weighted by molar-refractivity contribution is 6.05. The number of nitrogens with zero attached hydrogens (tertiary/aromatic N) is 1. The number of aryl methyl sites for hydroxylation is 3. The van der Waals surface area contributed by atoms with Crippen LogP contribution in [0.5, 0.6) is 11.5 Å². The van der Waals surface area contributed by atoms with E-state index < -0.39 is 0 Å². The Hall–Kier alpha value is -2.87. The van der Waals surface area contributed by atoms with Crippen molar-refractivity contribution in [3.8, 4) is 22.8 Å². The fraction of sp³-hybridized carbons (Fsp3) is 0.387. The third-order valence-electron chi connectivity index (χ3n) is 8.42. The van der Waals surface area contributed by atoms with Gasteiger partial charge in [0, 0.05) is 17.5 Å². The highest BCUT2D eigenvalue weighted by atomic mass is 16.5. The third kappa shape index (κ3) is 3.10. The molecular formula is C31H34NO+. The van der Waals surface area contributed by atoms with Crippen LogP contribution in [-0.2, 0) is 7.05 Å². The molecule has 2 heteroatoms. The quantitative estimate of drug-likeness (QED) is 0.241. The van der Waals surface area contributed by atoms with Crippen molar-refractivity contribution in [1.29, 1.82) is 0 Å². The first kappa shape index (κ1) is 20.7. The minimum Gasteiger partial charge on any atom is -0.450 e. The molecule has 0 N–H and O–H groups in total. The lowest BCUT2D eigenvalue weighted by Crippen LogP contribution is -2.34. The Morgan fingerprint density at radius 1 is 0.939 bits per heavy atom. The Labute approximate surface area is 197 Å². The van der Waals surface area contributed by atoms with Gasteiger partial charge in [-0.05, 0) is 91.5 Å². The second-order valence-corrected chi connectivity index (χ2v) is 11.3. The van der Waals surface area contributed by atoms with Gasteiger partial charge in [-0.15, -0.1) is 0 Å². The molecule has 0 spiro atoms. The van der Waals surface area contributed by atoms with E-state index in [2.05, 4.69) is 88.7 Å². The lowest BCUT2D eigenvalue weighted by Gasteiger charge is -2.34. The smallest absolute Gasteiger partial charge is 0.256 e. The van der Waals surface area contributed by atoms with Crippen LogP contribution in [0.4, 0.5) is 0 Å². The SMILES string of the molecule is Cc1cc2c3c(c(C)c(C)cc3c1)-c1c(cc3c(C4CCC(C)(C)CC4)cccc3[n+]1C)O2. The largest absolute Gasteiger partial charge is 0.450 e. The topological polar surface area (TPSA) is 13.1 Å². The zero-order valence-corrected chi connectivity index (χ0v) is 20.8. The Bertz CT molecular complexity index is 1450. The van der Waals surface area contributed by atoms with Gasteiger partial charge in [0.25, 0.3) is 5.69 Å². The second kappa shape index (κ2) is 7.06. The summed E-state index contributed by atoms with van der Waals surface area (Å²) in [5, 5.41) is 3.87. The minimum atomic E-state index is 0.476. The summed E-state index contributed by atoms with van der Waals surface area (Å²) in [4.78, 5) is 0. The van der Waals surface area contributed by atoms with Gasteiger partial charge in [0.2, 0.25) is 5.52 Å². The van der Waals surface area contributed by atoms with Crippen molar-refractivity contribution in [1.82, 2.24) is 0 Å². The lowest BCUT2D eigenvalue weighted by molar-refractivity contribution is -0.633. The van der Waals surface area contributed by atoms with Gasteiger partial charge in [-0.3, -0.25) is 0 Å². The number of aromatic nitrogens is 1. The Morgan fingerprint density at radius 2 is 1.70 bits per heavy atom. The zero-order chi connectivity index (χ0) is 23.1. The molecule has 4 aromatic rings. The molecule has 1 aliphatic heterocycles. The molecule has 0 amide bonds. The van der Waals surface area contributed by atoms with Crippen molar-refractivity contribution >= 4 is 21.7 Å². The average Bonchev–Trinajstić information content (AvgIpc) is 2.76. The van der Waals surface area contributed by atoms with Gasteiger partial charge >= 0.3 is 0 Å². The van der Waals surface area contributed by atoms with Gasteiger partial charge in [-0.1, -0.05) is 38.1 Å². The maximum Gasteiger partial charge on any atom is 0.256 e. The van der Waals surface area contributed by atoms with Crippen LogP contribution in [0.25, 0.3) is 32.9 Å². The molecule has 33 heavy (non-hydrogen) atoms. The molecule has 0 radical (unpaired) electrons. The van der Waals surface area contributed by atoms with Gasteiger partial charge in [-0.25, -0.2) is 0 Å². The van der Waals surface area contributed by atoms with Crippen LogP contribution < -0.4 is 9.30 Å². The van der Waals surface area contributed by atoms with Crippen LogP contribution in [0.1, 0.15) is 67.7 Å². The van der Waals surface area contributed by atoms with Crippen LogP contribution in [0.2, 0.25) is 0 Å². The number of fused-ring (bicyclic) bond motifs is 3. The molecule has 0 unspecified atom stereocenters. The summed E-state index contributed by atoms with van der Waals surface area (Å²) >= 11 is 0. The molecule has 0 saturated heterocycles. The second-order valence-electron chi connectivity index (χ2n) is 11.3. The van der Waals surface area contributed by atoms with Crippen LogP contribution in [0, 0.1) is 26.2 Å². The highest BCUT2D eigenvalue weighted by Crippen LogP contribution is 2.50. The molecule has 168 valence electrons. The fourth-order valence-corrected chi connectivity index (χ4v) is 6.32. The minimum absolute atomic E-state index is 0.476. The van der Waals surface area contributed by atoms with Gasteiger partial charge in [-0.2, -0.15) is 4.57 Å². The summed E-state index contributed by atoms with van der Waals surface area (Å²) in [5.41, 5.74) is 9.71. The number of hydrogen-bond acceptors (Lipinski definition) is 1. The van der Waals surface area contributed by atoms with Crippen molar-refractivity contribution in [3.05, 3.63) is 64.7 Å². The maximum absolute atomic E-state index is 6.67. The van der Waals surface area contributed by atoms with Gasteiger partial charge in [0.15, 0.2) is 5.75 Å². The third-order valence-corrected chi connectivity index (χ3v) is 8.42. The van der Waals surface area contributed by atoms with Crippen molar-refractivity contribution in [2.75, 3.05) is 0 Å². The van der Waals surface area contributed by atoms with Crippen LogP contribution in [0.15, 0.2) is 42.5 Å². The molecule has 6 rings (SSSR count). The molecule has 1 saturated carbocycles. The van der Waals surface area contributed by atoms with Crippen LogP contribution >= 0.6 is 0 Å². The van der Waals surface area contributed by atoms with Gasteiger partial charge < -0.3 is 4.74 Å². The lowest BCUT2D eigenvalue weighted by atomic mass is 9.71. The average molecular weight is 437 g/mol. The van der Waals surface area contributed by atoms with Crippen molar-refractivity contribution in [2.45, 2.75) is 66.2 Å². The van der Waals surface area contributed by atoms with E-state index in [1.54, 1.807) is 0 Å². The summed E-state index contributed by atoms with van der Waals surface area (Å²) in [6, 6.07) is 16.0. The first-order valence-corrected chi connectivity index (χ1v) is 12.4. The standard InChI is InChI=1S/C31H34NO/c1-18-14-22-16-19(2)20(3)28-29(22)26(15-18)33-27-17-24-23(21-10-12-31(4,5)13-11-21)8-7-9-25(24)32(6)30(27)28/h7-9,14-17,21H,10-13H2,1-6H3/q+1. The molecule has 2 heterocycles. The molecular weight excluding hydrogens is 402 g/mol. The summed E-state index contributed by atoms with van der Waals surface area (Å²) in [5.74, 6) is 2.61. The van der Waals surface area contributed by atoms with Gasteiger partial charge in [0.1, 0.15) is 12.8 Å². The monoisotopic (exact) mass is 436 g/mol. The van der Waals surface area contributed by atoms with E-state index in [-0.39, 0.29) is 0 Å². The predicted molar refractivity (Wildman–Crippen MR) is 137 cm³/mol. The van der Waals surface area contributed by atoms with E-state index in [0.29, 0.717) is 11.3 Å². The van der Waals surface area contributed by atoms with E-state index in [9.17, 15) is 0 Å². The summed E-state index contributed by atoms with van der Waals surface area (Å²) in [7, 11) is 2.21. The van der Waals surface area contributed by atoms with Crippen molar-refractivity contribution in [2.24, 2.45) is 12.5 Å². The molecule has 2 nitrogen and oxygen atoms in total. The normalized spacial score (nSPS) is 17.3. The molecule has 0 bridgehead atoms. The van der Waals surface area contributed by atoms with Crippen molar-refractivity contribution < 1.29 is 9.30 Å². The first-order valence-electron chi connectivity index (χ1n) is 12.4. The number of pyridine rings is 1. The summed E-state index contributed by atoms with van der Waals surface area (Å²) < 4.78 is 9.05. The van der Waals surface area contributed by atoms with E-state index in [0.717, 1.165) is 11.5 Å². The van der Waals surface area contributed by atoms with E-state index in [1.165, 1.54) is 80.9 Å². The molecule has 1 aliphatic carbocycles. The summed E-state index contributed by atoms with van der Waals surface area (Å²) in [6.07, 6.45) is 5.14. The molecule has 3 aromatic carbocycles. The predicted octanol–water partition coefficient (Wildman–Crippen LogP) is 8.20. The van der Waals surface area contributed by atoms with Crippen LogP contribution in [0.3, 0.4) is 0 Å². The van der Waals surface area contributed by atoms with E-state index in [1.807, 2.05) is 0 Å². The van der Waals surface area contributed by atoms with E-state index >= 15 is 0 Å². The Morgan fingerprint density at radius 3 is 2.45 bits per heavy atom. The highest BCUT2D eigenvalue weighted by Gasteiger charge is 2.34. The summed E-state index contributed by atoms with van der Waals surface area (Å²) in [6.45, 7) is 11.5. The zero-order valence-electron chi connectivity index (χ0n) is 20.8. The van der Waals surface area contributed by atoms with Gasteiger partial charge in [0.05, 0.1) is 10.9 Å². The molecule has 0 atom stereocenters. The number of rotatable bonds is 1. The fourth-order valence-electron chi connectivity index (χ4n) is 6.32. The van der Waals surface area contributed by atoms with Crippen LogP contribution in [-0.4, -0.2) is 0 Å². The molecule has 1 fully saturated rings. The Balaban J connectivity index is 1.62. The molecule has 1 aromatic heterocycles. The molecule has 2 aliphatic rings. The van der Waals surface area contributed by atoms with E-state index in [4.69, 9.17) is 4.74 Å². The van der Waals surface area contributed by atoms with Crippen molar-refractivity contribution in [3.63, 3.8) is 0 Å². The number of hydrogen-bond donors (Lipinski definition) is 0. The number of benzene rings is 3. The Kier molecular flexibility index (Phi) is 4.43.